The van der Waals surface area contributed by atoms with E-state index in [1.54, 1.807) is 11.8 Å². The molecule has 7 nitrogen and oxygen atoms in total. The number of nitrogens with zero attached hydrogens (tertiary/aromatic N) is 3. The SMILES string of the molecule is C/C(=N/NC(=O)[C@H](C)Nc1nc2ccccc2s1)c1ccc(N2CCCC2=O)cc1. The highest BCUT2D eigenvalue weighted by molar-refractivity contribution is 7.22. The smallest absolute Gasteiger partial charge is 0.262 e. The number of thiazole rings is 1. The van der Waals surface area contributed by atoms with Crippen molar-refractivity contribution < 1.29 is 9.59 Å². The van der Waals surface area contributed by atoms with Crippen molar-refractivity contribution in [2.75, 3.05) is 16.8 Å². The second-order valence-electron chi connectivity index (χ2n) is 7.22. The Morgan fingerprint density at radius 2 is 1.97 bits per heavy atom. The zero-order chi connectivity index (χ0) is 21.1. The third-order valence-corrected chi connectivity index (χ3v) is 6.00. The van der Waals surface area contributed by atoms with Gasteiger partial charge in [-0.1, -0.05) is 35.6 Å². The molecule has 0 bridgehead atoms. The van der Waals surface area contributed by atoms with E-state index >= 15 is 0 Å². The van der Waals surface area contributed by atoms with E-state index < -0.39 is 6.04 Å². The molecule has 2 N–H and O–H groups in total. The summed E-state index contributed by atoms with van der Waals surface area (Å²) in [4.78, 5) is 30.6. The van der Waals surface area contributed by atoms with Crippen LogP contribution in [0.2, 0.25) is 0 Å². The summed E-state index contributed by atoms with van der Waals surface area (Å²) in [7, 11) is 0. The fraction of sp³-hybridized carbons (Fsp3) is 0.273. The van der Waals surface area contributed by atoms with Crippen molar-refractivity contribution in [3.8, 4) is 0 Å². The minimum atomic E-state index is -0.481. The molecule has 0 radical (unpaired) electrons. The van der Waals surface area contributed by atoms with Gasteiger partial charge in [-0.25, -0.2) is 10.4 Å². The van der Waals surface area contributed by atoms with Crippen LogP contribution in [0.4, 0.5) is 10.8 Å². The molecule has 30 heavy (non-hydrogen) atoms. The molecule has 2 heterocycles. The number of hydrogen-bond donors (Lipinski definition) is 2. The molecule has 1 fully saturated rings. The summed E-state index contributed by atoms with van der Waals surface area (Å²) in [6.07, 6.45) is 1.51. The van der Waals surface area contributed by atoms with Crippen LogP contribution < -0.4 is 15.6 Å². The van der Waals surface area contributed by atoms with Crippen LogP contribution in [0, 0.1) is 0 Å². The van der Waals surface area contributed by atoms with Crippen molar-refractivity contribution in [2.45, 2.75) is 32.7 Å². The first kappa shape index (κ1) is 20.0. The minimum Gasteiger partial charge on any atom is -0.350 e. The normalized spacial score (nSPS) is 15.5. The minimum absolute atomic E-state index is 0.162. The molecule has 154 valence electrons. The summed E-state index contributed by atoms with van der Waals surface area (Å²) < 4.78 is 1.07. The first-order valence-electron chi connectivity index (χ1n) is 9.88. The number of hydrazone groups is 1. The number of carbonyl (C=O) groups is 2. The number of benzene rings is 2. The summed E-state index contributed by atoms with van der Waals surface area (Å²) in [6.45, 7) is 4.37. The maximum Gasteiger partial charge on any atom is 0.262 e. The predicted octanol–water partition coefficient (Wildman–Crippen LogP) is 3.76. The van der Waals surface area contributed by atoms with Crippen LogP contribution in [-0.4, -0.2) is 35.1 Å². The average molecular weight is 422 g/mol. The Morgan fingerprint density at radius 3 is 2.67 bits per heavy atom. The molecule has 1 aliphatic rings. The summed E-state index contributed by atoms with van der Waals surface area (Å²) in [5.74, 6) is -0.0806. The van der Waals surface area contributed by atoms with Crippen LogP contribution >= 0.6 is 11.3 Å². The third-order valence-electron chi connectivity index (χ3n) is 5.03. The van der Waals surface area contributed by atoms with E-state index in [2.05, 4.69) is 20.8 Å². The molecular formula is C22H23N5O2S. The summed E-state index contributed by atoms with van der Waals surface area (Å²) in [5.41, 5.74) is 5.99. The number of fused-ring (bicyclic) bond motifs is 1. The van der Waals surface area contributed by atoms with E-state index in [1.807, 2.05) is 55.5 Å². The number of rotatable bonds is 6. The van der Waals surface area contributed by atoms with Gasteiger partial charge in [0.05, 0.1) is 15.9 Å². The van der Waals surface area contributed by atoms with Gasteiger partial charge in [0.15, 0.2) is 5.13 Å². The fourth-order valence-corrected chi connectivity index (χ4v) is 4.24. The van der Waals surface area contributed by atoms with Crippen LogP contribution in [0.3, 0.4) is 0 Å². The van der Waals surface area contributed by atoms with E-state index in [0.717, 1.165) is 34.4 Å². The molecule has 0 spiro atoms. The van der Waals surface area contributed by atoms with Gasteiger partial charge in [0, 0.05) is 18.7 Å². The van der Waals surface area contributed by atoms with Crippen LogP contribution in [-0.2, 0) is 9.59 Å². The molecule has 2 amide bonds. The number of aromatic nitrogens is 1. The molecule has 0 unspecified atom stereocenters. The largest absolute Gasteiger partial charge is 0.350 e. The van der Waals surface area contributed by atoms with Gasteiger partial charge in [0.25, 0.3) is 5.91 Å². The van der Waals surface area contributed by atoms with E-state index in [-0.39, 0.29) is 11.8 Å². The molecule has 1 aromatic heterocycles. The number of amides is 2. The molecule has 1 aliphatic heterocycles. The van der Waals surface area contributed by atoms with Crippen molar-refractivity contribution in [3.05, 3.63) is 54.1 Å². The predicted molar refractivity (Wildman–Crippen MR) is 121 cm³/mol. The number of nitrogens with one attached hydrogen (secondary N) is 2. The van der Waals surface area contributed by atoms with Gasteiger partial charge >= 0.3 is 0 Å². The van der Waals surface area contributed by atoms with Gasteiger partial charge in [-0.3, -0.25) is 9.59 Å². The Labute approximate surface area is 178 Å². The molecule has 0 saturated carbocycles. The van der Waals surface area contributed by atoms with E-state index in [9.17, 15) is 9.59 Å². The molecule has 3 aromatic rings. The quantitative estimate of drug-likeness (QED) is 0.469. The van der Waals surface area contributed by atoms with Gasteiger partial charge in [0.1, 0.15) is 6.04 Å². The summed E-state index contributed by atoms with van der Waals surface area (Å²) in [6, 6.07) is 15.0. The molecule has 2 aromatic carbocycles. The van der Waals surface area contributed by atoms with Gasteiger partial charge in [-0.15, -0.1) is 0 Å². The molecule has 0 aliphatic carbocycles. The maximum atomic E-state index is 12.4. The molecule has 8 heteroatoms. The van der Waals surface area contributed by atoms with Crippen molar-refractivity contribution in [3.63, 3.8) is 0 Å². The van der Waals surface area contributed by atoms with Gasteiger partial charge in [-0.2, -0.15) is 5.10 Å². The monoisotopic (exact) mass is 421 g/mol. The van der Waals surface area contributed by atoms with Gasteiger partial charge < -0.3 is 10.2 Å². The Kier molecular flexibility index (Phi) is 5.76. The zero-order valence-corrected chi connectivity index (χ0v) is 17.7. The van der Waals surface area contributed by atoms with Crippen molar-refractivity contribution in [1.82, 2.24) is 10.4 Å². The van der Waals surface area contributed by atoms with Crippen molar-refractivity contribution >= 4 is 49.9 Å². The van der Waals surface area contributed by atoms with E-state index in [0.29, 0.717) is 17.3 Å². The lowest BCUT2D eigenvalue weighted by molar-refractivity contribution is -0.121. The number of carbonyl (C=O) groups excluding carboxylic acids is 2. The van der Waals surface area contributed by atoms with Crippen LogP contribution in [0.1, 0.15) is 32.3 Å². The standard InChI is InChI=1S/C22H23N5O2S/c1-14(16-9-11-17(12-10-16)27-13-5-8-20(27)28)25-26-21(29)15(2)23-22-24-18-6-3-4-7-19(18)30-22/h3-4,6-7,9-12,15H,5,8,13H2,1-2H3,(H,23,24)(H,26,29)/b25-14-/t15-/m0/s1. The Morgan fingerprint density at radius 1 is 1.20 bits per heavy atom. The number of para-hydroxylation sites is 1. The molecule has 4 rings (SSSR count). The van der Waals surface area contributed by atoms with Crippen LogP contribution in [0.25, 0.3) is 10.2 Å². The highest BCUT2D eigenvalue weighted by Gasteiger charge is 2.21. The highest BCUT2D eigenvalue weighted by Crippen LogP contribution is 2.26. The van der Waals surface area contributed by atoms with Crippen molar-refractivity contribution in [2.24, 2.45) is 5.10 Å². The zero-order valence-electron chi connectivity index (χ0n) is 16.9. The topological polar surface area (TPSA) is 86.7 Å². The Balaban J connectivity index is 1.36. The van der Waals surface area contributed by atoms with E-state index in [4.69, 9.17) is 0 Å². The molecular weight excluding hydrogens is 398 g/mol. The van der Waals surface area contributed by atoms with Gasteiger partial charge in [0.2, 0.25) is 5.91 Å². The first-order chi connectivity index (χ1) is 14.5. The van der Waals surface area contributed by atoms with E-state index in [1.165, 1.54) is 11.3 Å². The summed E-state index contributed by atoms with van der Waals surface area (Å²) >= 11 is 1.51. The lowest BCUT2D eigenvalue weighted by Gasteiger charge is -2.16. The van der Waals surface area contributed by atoms with Gasteiger partial charge in [-0.05, 0) is 50.1 Å². The summed E-state index contributed by atoms with van der Waals surface area (Å²) in [5, 5.41) is 8.05. The third kappa shape index (κ3) is 4.33. The first-order valence-corrected chi connectivity index (χ1v) is 10.7. The maximum absolute atomic E-state index is 12.4. The fourth-order valence-electron chi connectivity index (χ4n) is 3.29. The molecule has 1 saturated heterocycles. The second kappa shape index (κ2) is 8.62. The van der Waals surface area contributed by atoms with Crippen LogP contribution in [0.5, 0.6) is 0 Å². The second-order valence-corrected chi connectivity index (χ2v) is 8.25. The Bertz CT molecular complexity index is 1070. The van der Waals surface area contributed by atoms with Crippen molar-refractivity contribution in [1.29, 1.82) is 0 Å². The number of anilines is 2. The lowest BCUT2D eigenvalue weighted by Crippen LogP contribution is -2.35. The lowest BCUT2D eigenvalue weighted by atomic mass is 10.1. The molecule has 1 atom stereocenters. The highest BCUT2D eigenvalue weighted by atomic mass is 32.1. The number of hydrogen-bond acceptors (Lipinski definition) is 6. The van der Waals surface area contributed by atoms with Crippen LogP contribution in [0.15, 0.2) is 53.6 Å². The average Bonchev–Trinajstić information content (AvgIpc) is 3.37. The Hall–Kier alpha value is -3.26.